The van der Waals surface area contributed by atoms with E-state index in [0.29, 0.717) is 23.0 Å². The highest BCUT2D eigenvalue weighted by molar-refractivity contribution is 6.42. The summed E-state index contributed by atoms with van der Waals surface area (Å²) >= 11 is 11.6. The van der Waals surface area contributed by atoms with Crippen molar-refractivity contribution in [3.05, 3.63) is 33.8 Å². The molecule has 1 aromatic carbocycles. The van der Waals surface area contributed by atoms with Crippen LogP contribution in [0.3, 0.4) is 0 Å². The van der Waals surface area contributed by atoms with Gasteiger partial charge in [-0.1, -0.05) is 29.3 Å². The Balaban J connectivity index is 2.93. The Hall–Kier alpha value is -0.570. The van der Waals surface area contributed by atoms with Crippen molar-refractivity contribution in [1.29, 1.82) is 0 Å². The lowest BCUT2D eigenvalue weighted by atomic mass is 9.97. The average molecular weight is 232 g/mol. The molecular formula is C10H11Cl2NO. The zero-order valence-electron chi connectivity index (χ0n) is 7.54. The van der Waals surface area contributed by atoms with Gasteiger partial charge in [0.05, 0.1) is 10.0 Å². The summed E-state index contributed by atoms with van der Waals surface area (Å²) in [6.07, 6.45) is 1.51. The lowest BCUT2D eigenvalue weighted by Crippen LogP contribution is -2.08. The Morgan fingerprint density at radius 3 is 2.57 bits per heavy atom. The Kier molecular flexibility index (Phi) is 4.39. The van der Waals surface area contributed by atoms with E-state index in [-0.39, 0.29) is 5.92 Å². The van der Waals surface area contributed by atoms with Gasteiger partial charge >= 0.3 is 0 Å². The van der Waals surface area contributed by atoms with Crippen LogP contribution < -0.4 is 5.73 Å². The maximum Gasteiger partial charge on any atom is 0.127 e. The molecule has 0 aliphatic rings. The summed E-state index contributed by atoms with van der Waals surface area (Å²) in [5.74, 6) is -0.185. The van der Waals surface area contributed by atoms with E-state index in [1.807, 2.05) is 0 Å². The Labute approximate surface area is 93.0 Å². The minimum Gasteiger partial charge on any atom is -0.330 e. The normalized spacial score (nSPS) is 12.5. The van der Waals surface area contributed by atoms with Crippen LogP contribution in [0.2, 0.25) is 10.0 Å². The van der Waals surface area contributed by atoms with E-state index in [4.69, 9.17) is 28.9 Å². The van der Waals surface area contributed by atoms with Crippen LogP contribution >= 0.6 is 23.2 Å². The molecule has 76 valence electrons. The second kappa shape index (κ2) is 5.35. The van der Waals surface area contributed by atoms with Gasteiger partial charge in [-0.2, -0.15) is 0 Å². The minimum absolute atomic E-state index is 0.185. The third kappa shape index (κ3) is 2.71. The number of carbonyl (C=O) groups excluding carboxylic acids is 1. The maximum absolute atomic E-state index is 10.8. The molecule has 0 radical (unpaired) electrons. The van der Waals surface area contributed by atoms with Gasteiger partial charge in [0.25, 0.3) is 0 Å². The van der Waals surface area contributed by atoms with Gasteiger partial charge in [-0.3, -0.25) is 0 Å². The summed E-state index contributed by atoms with van der Waals surface area (Å²) in [5.41, 5.74) is 6.25. The van der Waals surface area contributed by atoms with Crippen LogP contribution in [0, 0.1) is 0 Å². The molecular weight excluding hydrogens is 221 g/mol. The first kappa shape index (κ1) is 11.5. The van der Waals surface area contributed by atoms with Crippen molar-refractivity contribution in [2.75, 3.05) is 6.54 Å². The quantitative estimate of drug-likeness (QED) is 0.811. The molecule has 0 saturated heterocycles. The summed E-state index contributed by atoms with van der Waals surface area (Å²) in [7, 11) is 0. The SMILES string of the molecule is NCCC(C=O)c1ccc(Cl)c(Cl)c1. The summed E-state index contributed by atoms with van der Waals surface area (Å²) < 4.78 is 0. The third-order valence-electron chi connectivity index (χ3n) is 2.01. The molecule has 0 aromatic heterocycles. The second-order valence-electron chi connectivity index (χ2n) is 2.99. The van der Waals surface area contributed by atoms with Gasteiger partial charge in [0.1, 0.15) is 6.29 Å². The zero-order valence-corrected chi connectivity index (χ0v) is 9.05. The van der Waals surface area contributed by atoms with Crippen LogP contribution in [-0.2, 0) is 4.79 Å². The topological polar surface area (TPSA) is 43.1 Å². The van der Waals surface area contributed by atoms with Crippen molar-refractivity contribution in [3.63, 3.8) is 0 Å². The van der Waals surface area contributed by atoms with E-state index >= 15 is 0 Å². The molecule has 1 rings (SSSR count). The minimum atomic E-state index is -0.185. The molecule has 1 unspecified atom stereocenters. The van der Waals surface area contributed by atoms with E-state index in [1.54, 1.807) is 18.2 Å². The van der Waals surface area contributed by atoms with Crippen molar-refractivity contribution in [2.24, 2.45) is 5.73 Å². The fourth-order valence-electron chi connectivity index (χ4n) is 1.24. The van der Waals surface area contributed by atoms with Crippen molar-refractivity contribution in [2.45, 2.75) is 12.3 Å². The van der Waals surface area contributed by atoms with Crippen LogP contribution in [0.1, 0.15) is 17.9 Å². The van der Waals surface area contributed by atoms with Crippen LogP contribution in [0.25, 0.3) is 0 Å². The van der Waals surface area contributed by atoms with E-state index in [0.717, 1.165) is 11.8 Å². The van der Waals surface area contributed by atoms with Crippen LogP contribution in [0.4, 0.5) is 0 Å². The monoisotopic (exact) mass is 231 g/mol. The van der Waals surface area contributed by atoms with E-state index < -0.39 is 0 Å². The molecule has 1 atom stereocenters. The molecule has 2 nitrogen and oxygen atoms in total. The number of rotatable bonds is 4. The smallest absolute Gasteiger partial charge is 0.127 e. The zero-order chi connectivity index (χ0) is 10.6. The van der Waals surface area contributed by atoms with Gasteiger partial charge < -0.3 is 10.5 Å². The first-order valence-electron chi connectivity index (χ1n) is 4.29. The van der Waals surface area contributed by atoms with Gasteiger partial charge in [-0.15, -0.1) is 0 Å². The van der Waals surface area contributed by atoms with E-state index in [1.165, 1.54) is 0 Å². The summed E-state index contributed by atoms with van der Waals surface area (Å²) in [6.45, 7) is 0.476. The number of hydrogen-bond donors (Lipinski definition) is 1. The van der Waals surface area contributed by atoms with Crippen molar-refractivity contribution < 1.29 is 4.79 Å². The second-order valence-corrected chi connectivity index (χ2v) is 3.81. The number of benzene rings is 1. The van der Waals surface area contributed by atoms with Crippen LogP contribution in [0.15, 0.2) is 18.2 Å². The Morgan fingerprint density at radius 1 is 1.36 bits per heavy atom. The van der Waals surface area contributed by atoms with E-state index in [9.17, 15) is 4.79 Å². The largest absolute Gasteiger partial charge is 0.330 e. The average Bonchev–Trinajstić information content (AvgIpc) is 2.19. The number of aldehydes is 1. The highest BCUT2D eigenvalue weighted by Gasteiger charge is 2.10. The predicted octanol–water partition coefficient (Wildman–Crippen LogP) is 2.62. The van der Waals surface area contributed by atoms with Gasteiger partial charge in [-0.25, -0.2) is 0 Å². The fourth-order valence-corrected chi connectivity index (χ4v) is 1.54. The van der Waals surface area contributed by atoms with Gasteiger partial charge in [-0.05, 0) is 30.7 Å². The highest BCUT2D eigenvalue weighted by Crippen LogP contribution is 2.26. The molecule has 0 aliphatic heterocycles. The molecule has 0 bridgehead atoms. The molecule has 0 aliphatic carbocycles. The molecule has 2 N–H and O–H groups in total. The van der Waals surface area contributed by atoms with Crippen molar-refractivity contribution in [3.8, 4) is 0 Å². The molecule has 0 heterocycles. The lowest BCUT2D eigenvalue weighted by molar-refractivity contribution is -0.109. The van der Waals surface area contributed by atoms with Gasteiger partial charge in [0, 0.05) is 5.92 Å². The predicted molar refractivity (Wildman–Crippen MR) is 58.9 cm³/mol. The standard InChI is InChI=1S/C10H11Cl2NO/c11-9-2-1-7(5-10(9)12)8(6-14)3-4-13/h1-2,5-6,8H,3-4,13H2. The number of halogens is 2. The van der Waals surface area contributed by atoms with Crippen molar-refractivity contribution >= 4 is 29.5 Å². The Morgan fingerprint density at radius 2 is 2.07 bits per heavy atom. The Bertz CT molecular complexity index is 328. The first-order valence-corrected chi connectivity index (χ1v) is 5.05. The van der Waals surface area contributed by atoms with Crippen LogP contribution in [0.5, 0.6) is 0 Å². The molecule has 14 heavy (non-hydrogen) atoms. The molecule has 4 heteroatoms. The highest BCUT2D eigenvalue weighted by atomic mass is 35.5. The number of hydrogen-bond acceptors (Lipinski definition) is 2. The third-order valence-corrected chi connectivity index (χ3v) is 2.75. The molecule has 0 fully saturated rings. The summed E-state index contributed by atoms with van der Waals surface area (Å²) in [6, 6.07) is 5.19. The molecule has 0 spiro atoms. The van der Waals surface area contributed by atoms with Crippen molar-refractivity contribution in [1.82, 2.24) is 0 Å². The summed E-state index contributed by atoms with van der Waals surface area (Å²) in [5, 5.41) is 0.959. The maximum atomic E-state index is 10.8. The molecule has 0 saturated carbocycles. The van der Waals surface area contributed by atoms with E-state index in [2.05, 4.69) is 0 Å². The fraction of sp³-hybridized carbons (Fsp3) is 0.300. The molecule has 0 amide bonds. The summed E-state index contributed by atoms with van der Waals surface area (Å²) in [4.78, 5) is 10.8. The lowest BCUT2D eigenvalue weighted by Gasteiger charge is -2.09. The number of nitrogens with two attached hydrogens (primary N) is 1. The first-order chi connectivity index (χ1) is 6.69. The van der Waals surface area contributed by atoms with Gasteiger partial charge in [0.15, 0.2) is 0 Å². The van der Waals surface area contributed by atoms with Gasteiger partial charge in [0.2, 0.25) is 0 Å². The number of carbonyl (C=O) groups is 1. The van der Waals surface area contributed by atoms with Crippen LogP contribution in [-0.4, -0.2) is 12.8 Å². The molecule has 1 aromatic rings.